The van der Waals surface area contributed by atoms with Gasteiger partial charge in [-0.25, -0.2) is 5.43 Å². The molecular formula is C16H21N3O3. The van der Waals surface area contributed by atoms with Crippen LogP contribution in [0.2, 0.25) is 0 Å². The Balaban J connectivity index is 2.09. The van der Waals surface area contributed by atoms with Crippen LogP contribution in [0.5, 0.6) is 5.75 Å². The molecule has 1 aliphatic rings. The Morgan fingerprint density at radius 3 is 2.86 bits per heavy atom. The zero-order valence-corrected chi connectivity index (χ0v) is 13.3. The fraction of sp³-hybridized carbons (Fsp3) is 0.438. The molecule has 0 saturated heterocycles. The van der Waals surface area contributed by atoms with E-state index < -0.39 is 5.60 Å². The number of benzene rings is 1. The number of nitrogens with one attached hydrogen (secondary N) is 2. The van der Waals surface area contributed by atoms with Gasteiger partial charge >= 0.3 is 0 Å². The predicted molar refractivity (Wildman–Crippen MR) is 85.2 cm³/mol. The third-order valence-electron chi connectivity index (χ3n) is 3.24. The molecule has 22 heavy (non-hydrogen) atoms. The van der Waals surface area contributed by atoms with Crippen LogP contribution in [-0.4, -0.2) is 23.6 Å². The second-order valence-electron chi connectivity index (χ2n) is 6.16. The SMILES string of the molecule is CC(C)C/C=N\NC(=O)c1ccc2c(c1)NC(=O)C(C)(C)O2. The first-order chi connectivity index (χ1) is 10.3. The number of carbonyl (C=O) groups is 2. The van der Waals surface area contributed by atoms with Gasteiger partial charge in [-0.2, -0.15) is 5.10 Å². The summed E-state index contributed by atoms with van der Waals surface area (Å²) in [5, 5.41) is 6.64. The van der Waals surface area contributed by atoms with Gasteiger partial charge in [0.05, 0.1) is 5.69 Å². The molecule has 0 aromatic heterocycles. The van der Waals surface area contributed by atoms with E-state index in [1.165, 1.54) is 0 Å². The van der Waals surface area contributed by atoms with Gasteiger partial charge in [0.1, 0.15) is 5.75 Å². The first-order valence-corrected chi connectivity index (χ1v) is 7.26. The Labute approximate surface area is 129 Å². The van der Waals surface area contributed by atoms with Crippen molar-refractivity contribution >= 4 is 23.7 Å². The molecule has 0 spiro atoms. The van der Waals surface area contributed by atoms with Crippen LogP contribution >= 0.6 is 0 Å². The number of hydrazone groups is 1. The van der Waals surface area contributed by atoms with Crippen molar-refractivity contribution in [2.45, 2.75) is 39.7 Å². The van der Waals surface area contributed by atoms with Gasteiger partial charge < -0.3 is 10.1 Å². The molecule has 0 unspecified atom stereocenters. The second kappa shape index (κ2) is 6.17. The molecule has 6 heteroatoms. The topological polar surface area (TPSA) is 79.8 Å². The standard InChI is InChI=1S/C16H21N3O3/c1-10(2)7-8-17-19-14(20)11-5-6-13-12(9-11)18-15(21)16(3,4)22-13/h5-6,8-10H,7H2,1-4H3,(H,18,21)(H,19,20)/b17-8-. The van der Waals surface area contributed by atoms with Crippen LogP contribution in [0.4, 0.5) is 5.69 Å². The molecule has 1 heterocycles. The van der Waals surface area contributed by atoms with Gasteiger partial charge in [-0.05, 0) is 44.4 Å². The molecule has 0 bridgehead atoms. The molecule has 2 rings (SSSR count). The molecule has 0 saturated carbocycles. The molecule has 6 nitrogen and oxygen atoms in total. The van der Waals surface area contributed by atoms with Crippen molar-refractivity contribution in [2.75, 3.05) is 5.32 Å². The zero-order chi connectivity index (χ0) is 16.3. The maximum absolute atomic E-state index is 12.0. The fourth-order valence-corrected chi connectivity index (χ4v) is 1.88. The lowest BCUT2D eigenvalue weighted by Gasteiger charge is -2.31. The van der Waals surface area contributed by atoms with Crippen molar-refractivity contribution in [3.8, 4) is 5.75 Å². The summed E-state index contributed by atoms with van der Waals surface area (Å²) in [6.07, 6.45) is 2.47. The Kier molecular flexibility index (Phi) is 4.49. The van der Waals surface area contributed by atoms with Crippen molar-refractivity contribution < 1.29 is 14.3 Å². The van der Waals surface area contributed by atoms with E-state index in [-0.39, 0.29) is 11.8 Å². The van der Waals surface area contributed by atoms with Gasteiger partial charge in [-0.15, -0.1) is 0 Å². The average molecular weight is 303 g/mol. The van der Waals surface area contributed by atoms with Gasteiger partial charge in [0.25, 0.3) is 11.8 Å². The van der Waals surface area contributed by atoms with Crippen LogP contribution in [0.15, 0.2) is 23.3 Å². The summed E-state index contributed by atoms with van der Waals surface area (Å²) in [5.74, 6) is 0.457. The maximum Gasteiger partial charge on any atom is 0.271 e. The highest BCUT2D eigenvalue weighted by molar-refractivity contribution is 6.02. The van der Waals surface area contributed by atoms with Gasteiger partial charge in [0.2, 0.25) is 0 Å². The Morgan fingerprint density at radius 2 is 2.18 bits per heavy atom. The molecular weight excluding hydrogens is 282 g/mol. The van der Waals surface area contributed by atoms with Gasteiger partial charge in [0.15, 0.2) is 5.60 Å². The zero-order valence-electron chi connectivity index (χ0n) is 13.3. The van der Waals surface area contributed by atoms with Gasteiger partial charge in [-0.1, -0.05) is 13.8 Å². The van der Waals surface area contributed by atoms with Gasteiger partial charge in [0, 0.05) is 11.8 Å². The molecule has 0 atom stereocenters. The van der Waals surface area contributed by atoms with Crippen molar-refractivity contribution in [2.24, 2.45) is 11.0 Å². The highest BCUT2D eigenvalue weighted by Gasteiger charge is 2.35. The summed E-state index contributed by atoms with van der Waals surface area (Å²) in [6, 6.07) is 4.89. The number of hydrogen-bond acceptors (Lipinski definition) is 4. The molecule has 1 aliphatic heterocycles. The normalized spacial score (nSPS) is 16.1. The minimum atomic E-state index is -0.919. The van der Waals surface area contributed by atoms with Crippen molar-refractivity contribution in [3.63, 3.8) is 0 Å². The minimum absolute atomic E-state index is 0.243. The number of hydrogen-bond donors (Lipinski definition) is 2. The summed E-state index contributed by atoms with van der Waals surface area (Å²) in [4.78, 5) is 23.9. The lowest BCUT2D eigenvalue weighted by atomic mass is 10.0. The summed E-state index contributed by atoms with van der Waals surface area (Å²) < 4.78 is 5.62. The predicted octanol–water partition coefficient (Wildman–Crippen LogP) is 2.56. The monoisotopic (exact) mass is 303 g/mol. The van der Waals surface area contributed by atoms with Crippen LogP contribution in [-0.2, 0) is 4.79 Å². The lowest BCUT2D eigenvalue weighted by molar-refractivity contribution is -0.129. The number of rotatable bonds is 4. The van der Waals surface area contributed by atoms with E-state index in [0.717, 1.165) is 6.42 Å². The lowest BCUT2D eigenvalue weighted by Crippen LogP contribution is -2.45. The van der Waals surface area contributed by atoms with Gasteiger partial charge in [-0.3, -0.25) is 9.59 Å². The number of carbonyl (C=O) groups excluding carboxylic acids is 2. The molecule has 1 aromatic rings. The van der Waals surface area contributed by atoms with E-state index in [1.54, 1.807) is 38.3 Å². The average Bonchev–Trinajstić information content (AvgIpc) is 2.43. The van der Waals surface area contributed by atoms with Crippen LogP contribution in [0.1, 0.15) is 44.5 Å². The number of nitrogens with zero attached hydrogens (tertiary/aromatic N) is 1. The van der Waals surface area contributed by atoms with E-state index >= 15 is 0 Å². The van der Waals surface area contributed by atoms with E-state index in [9.17, 15) is 9.59 Å². The number of anilines is 1. The Bertz CT molecular complexity index is 621. The number of amides is 2. The highest BCUT2D eigenvalue weighted by Crippen LogP contribution is 2.34. The molecule has 1 aromatic carbocycles. The Morgan fingerprint density at radius 1 is 1.45 bits per heavy atom. The minimum Gasteiger partial charge on any atom is -0.476 e. The molecule has 0 fully saturated rings. The van der Waals surface area contributed by atoms with Crippen molar-refractivity contribution in [3.05, 3.63) is 23.8 Å². The fourth-order valence-electron chi connectivity index (χ4n) is 1.88. The summed E-state index contributed by atoms with van der Waals surface area (Å²) in [6.45, 7) is 7.52. The highest BCUT2D eigenvalue weighted by atomic mass is 16.5. The van der Waals surface area contributed by atoms with Crippen LogP contribution in [0.3, 0.4) is 0 Å². The molecule has 2 amide bonds. The summed E-state index contributed by atoms with van der Waals surface area (Å²) >= 11 is 0. The Hall–Kier alpha value is -2.37. The van der Waals surface area contributed by atoms with Crippen LogP contribution < -0.4 is 15.5 Å². The maximum atomic E-state index is 12.0. The van der Waals surface area contributed by atoms with Crippen LogP contribution in [0.25, 0.3) is 0 Å². The molecule has 2 N–H and O–H groups in total. The first kappa shape index (κ1) is 16.0. The van der Waals surface area contributed by atoms with Crippen molar-refractivity contribution in [1.82, 2.24) is 5.43 Å². The summed E-state index contributed by atoms with van der Waals surface area (Å²) in [7, 11) is 0. The van der Waals surface area contributed by atoms with E-state index in [1.807, 2.05) is 0 Å². The van der Waals surface area contributed by atoms with Crippen LogP contribution in [0, 0.1) is 5.92 Å². The summed E-state index contributed by atoms with van der Waals surface area (Å²) in [5.41, 5.74) is 2.44. The smallest absolute Gasteiger partial charge is 0.271 e. The van der Waals surface area contributed by atoms with E-state index in [0.29, 0.717) is 22.9 Å². The molecule has 0 aliphatic carbocycles. The molecule has 118 valence electrons. The van der Waals surface area contributed by atoms with E-state index in [4.69, 9.17) is 4.74 Å². The molecule has 0 radical (unpaired) electrons. The largest absolute Gasteiger partial charge is 0.476 e. The van der Waals surface area contributed by atoms with E-state index in [2.05, 4.69) is 29.7 Å². The number of fused-ring (bicyclic) bond motifs is 1. The second-order valence-corrected chi connectivity index (χ2v) is 6.16. The number of ether oxygens (including phenoxy) is 1. The third-order valence-corrected chi connectivity index (χ3v) is 3.24. The third kappa shape index (κ3) is 3.63. The first-order valence-electron chi connectivity index (χ1n) is 7.26. The van der Waals surface area contributed by atoms with Crippen molar-refractivity contribution in [1.29, 1.82) is 0 Å². The quantitative estimate of drug-likeness (QED) is 0.662.